The van der Waals surface area contributed by atoms with Crippen LogP contribution >= 0.6 is 0 Å². The molecule has 0 unspecified atom stereocenters. The maximum atomic E-state index is 12.4. The van der Waals surface area contributed by atoms with Gasteiger partial charge in [-0.3, -0.25) is 4.79 Å². The van der Waals surface area contributed by atoms with E-state index in [4.69, 9.17) is 0 Å². The number of aromatic amines is 1. The van der Waals surface area contributed by atoms with Crippen LogP contribution in [0.5, 0.6) is 0 Å². The minimum Gasteiger partial charge on any atom is -0.361 e. The van der Waals surface area contributed by atoms with E-state index in [2.05, 4.69) is 37.7 Å². The van der Waals surface area contributed by atoms with Gasteiger partial charge < -0.3 is 15.6 Å². The number of aryl methyl sites for hydroxylation is 1. The van der Waals surface area contributed by atoms with Gasteiger partial charge in [-0.2, -0.15) is 0 Å². The number of amides is 1. The van der Waals surface area contributed by atoms with Gasteiger partial charge in [0.25, 0.3) is 5.91 Å². The number of aromatic nitrogens is 3. The van der Waals surface area contributed by atoms with Crippen LogP contribution in [0.25, 0.3) is 10.9 Å². The van der Waals surface area contributed by atoms with E-state index in [0.29, 0.717) is 24.7 Å². The van der Waals surface area contributed by atoms with Gasteiger partial charge in [-0.15, -0.1) is 0 Å². The van der Waals surface area contributed by atoms with Crippen molar-refractivity contribution in [3.63, 3.8) is 0 Å². The standard InChI is InChI=1S/C23H23N5O/c1-16-6-8-17(9-7-16)14-27-22(29)21-11-13-25-23(28-21)24-12-10-18-15-26-20-5-3-2-4-19(18)20/h2-9,11,13,15,26H,10,12,14H2,1H3,(H,27,29)(H,24,25,28). The minimum atomic E-state index is -0.215. The van der Waals surface area contributed by atoms with Gasteiger partial charge in [-0.25, -0.2) is 9.97 Å². The first-order chi connectivity index (χ1) is 14.2. The highest BCUT2D eigenvalue weighted by molar-refractivity contribution is 5.92. The fraction of sp³-hybridized carbons (Fsp3) is 0.174. The molecule has 1 amide bonds. The number of rotatable bonds is 7. The average Bonchev–Trinajstić information content (AvgIpc) is 3.16. The van der Waals surface area contributed by atoms with Crippen molar-refractivity contribution in [3.05, 3.63) is 89.4 Å². The van der Waals surface area contributed by atoms with Crippen molar-refractivity contribution in [3.8, 4) is 0 Å². The molecule has 29 heavy (non-hydrogen) atoms. The fourth-order valence-electron chi connectivity index (χ4n) is 3.20. The summed E-state index contributed by atoms with van der Waals surface area (Å²) in [5.74, 6) is 0.237. The van der Waals surface area contributed by atoms with Gasteiger partial charge in [0.05, 0.1) is 0 Å². The van der Waals surface area contributed by atoms with E-state index in [1.807, 2.05) is 49.5 Å². The summed E-state index contributed by atoms with van der Waals surface area (Å²) in [5, 5.41) is 7.33. The lowest BCUT2D eigenvalue weighted by Crippen LogP contribution is -2.24. The first-order valence-corrected chi connectivity index (χ1v) is 9.65. The number of nitrogens with one attached hydrogen (secondary N) is 3. The molecular weight excluding hydrogens is 362 g/mol. The number of anilines is 1. The van der Waals surface area contributed by atoms with Crippen LogP contribution in [0.2, 0.25) is 0 Å². The molecule has 0 radical (unpaired) electrons. The lowest BCUT2D eigenvalue weighted by atomic mass is 10.1. The molecule has 4 aromatic rings. The van der Waals surface area contributed by atoms with Gasteiger partial charge in [0.1, 0.15) is 5.69 Å². The van der Waals surface area contributed by atoms with Crippen LogP contribution in [0.15, 0.2) is 67.0 Å². The third-order valence-corrected chi connectivity index (χ3v) is 4.81. The van der Waals surface area contributed by atoms with Crippen LogP contribution in [0.3, 0.4) is 0 Å². The first kappa shape index (κ1) is 18.7. The van der Waals surface area contributed by atoms with Crippen molar-refractivity contribution >= 4 is 22.8 Å². The molecule has 0 fully saturated rings. The van der Waals surface area contributed by atoms with Crippen molar-refractivity contribution in [2.45, 2.75) is 19.9 Å². The summed E-state index contributed by atoms with van der Waals surface area (Å²) in [7, 11) is 0. The quantitative estimate of drug-likeness (QED) is 0.451. The second-order valence-corrected chi connectivity index (χ2v) is 6.97. The third-order valence-electron chi connectivity index (χ3n) is 4.81. The number of hydrogen-bond donors (Lipinski definition) is 3. The van der Waals surface area contributed by atoms with Gasteiger partial charge >= 0.3 is 0 Å². The highest BCUT2D eigenvalue weighted by Gasteiger charge is 2.09. The number of H-pyrrole nitrogens is 1. The summed E-state index contributed by atoms with van der Waals surface area (Å²) in [6.45, 7) is 3.18. The minimum absolute atomic E-state index is 0.215. The molecule has 0 aliphatic rings. The van der Waals surface area contributed by atoms with Crippen LogP contribution in [0, 0.1) is 6.92 Å². The van der Waals surface area contributed by atoms with Gasteiger partial charge in [0, 0.05) is 36.4 Å². The monoisotopic (exact) mass is 385 g/mol. The van der Waals surface area contributed by atoms with Crippen molar-refractivity contribution in [1.82, 2.24) is 20.3 Å². The van der Waals surface area contributed by atoms with Crippen molar-refractivity contribution in [2.24, 2.45) is 0 Å². The maximum absolute atomic E-state index is 12.4. The van der Waals surface area contributed by atoms with E-state index in [1.165, 1.54) is 16.5 Å². The average molecular weight is 385 g/mol. The van der Waals surface area contributed by atoms with Crippen LogP contribution < -0.4 is 10.6 Å². The van der Waals surface area contributed by atoms with E-state index in [-0.39, 0.29) is 5.91 Å². The largest absolute Gasteiger partial charge is 0.361 e. The molecule has 2 aromatic carbocycles. The van der Waals surface area contributed by atoms with Gasteiger partial charge in [0.2, 0.25) is 5.95 Å². The molecule has 6 nitrogen and oxygen atoms in total. The summed E-state index contributed by atoms with van der Waals surface area (Å²) < 4.78 is 0. The molecule has 4 rings (SSSR count). The molecule has 6 heteroatoms. The Balaban J connectivity index is 1.33. The van der Waals surface area contributed by atoms with Crippen LogP contribution in [0.4, 0.5) is 5.95 Å². The van der Waals surface area contributed by atoms with Gasteiger partial charge in [0.15, 0.2) is 0 Å². The summed E-state index contributed by atoms with van der Waals surface area (Å²) >= 11 is 0. The molecule has 2 heterocycles. The predicted molar refractivity (Wildman–Crippen MR) is 115 cm³/mol. The summed E-state index contributed by atoms with van der Waals surface area (Å²) in [6, 6.07) is 17.9. The Morgan fingerprint density at radius 1 is 1.07 bits per heavy atom. The Morgan fingerprint density at radius 3 is 2.76 bits per heavy atom. The van der Waals surface area contributed by atoms with Crippen LogP contribution in [-0.4, -0.2) is 27.4 Å². The topological polar surface area (TPSA) is 82.7 Å². The third kappa shape index (κ3) is 4.60. The summed E-state index contributed by atoms with van der Waals surface area (Å²) in [4.78, 5) is 24.2. The maximum Gasteiger partial charge on any atom is 0.270 e. The van der Waals surface area contributed by atoms with E-state index in [1.54, 1.807) is 12.3 Å². The normalized spacial score (nSPS) is 10.8. The molecule has 0 saturated carbocycles. The van der Waals surface area contributed by atoms with E-state index in [9.17, 15) is 4.79 Å². The lowest BCUT2D eigenvalue weighted by molar-refractivity contribution is 0.0946. The number of fused-ring (bicyclic) bond motifs is 1. The molecule has 0 atom stereocenters. The zero-order valence-electron chi connectivity index (χ0n) is 16.3. The molecule has 3 N–H and O–H groups in total. The Bertz CT molecular complexity index is 1120. The molecule has 0 aliphatic carbocycles. The zero-order chi connectivity index (χ0) is 20.1. The first-order valence-electron chi connectivity index (χ1n) is 9.65. The van der Waals surface area contributed by atoms with E-state index in [0.717, 1.165) is 17.5 Å². The number of carbonyl (C=O) groups excluding carboxylic acids is 1. The molecule has 0 aliphatic heterocycles. The fourth-order valence-corrected chi connectivity index (χ4v) is 3.20. The van der Waals surface area contributed by atoms with Crippen LogP contribution in [0.1, 0.15) is 27.2 Å². The number of carbonyl (C=O) groups is 1. The number of nitrogens with zero attached hydrogens (tertiary/aromatic N) is 2. The van der Waals surface area contributed by atoms with E-state index < -0.39 is 0 Å². The Hall–Kier alpha value is -3.67. The highest BCUT2D eigenvalue weighted by atomic mass is 16.1. The lowest BCUT2D eigenvalue weighted by Gasteiger charge is -2.08. The molecule has 0 bridgehead atoms. The predicted octanol–water partition coefficient (Wildman–Crippen LogP) is 3.85. The second-order valence-electron chi connectivity index (χ2n) is 6.97. The van der Waals surface area contributed by atoms with Crippen molar-refractivity contribution < 1.29 is 4.79 Å². The molecule has 2 aromatic heterocycles. The van der Waals surface area contributed by atoms with Crippen molar-refractivity contribution in [2.75, 3.05) is 11.9 Å². The Kier molecular flexibility index (Phi) is 5.52. The number of hydrogen-bond acceptors (Lipinski definition) is 4. The summed E-state index contributed by atoms with van der Waals surface area (Å²) in [6.07, 6.45) is 4.46. The zero-order valence-corrected chi connectivity index (χ0v) is 16.3. The number of benzene rings is 2. The summed E-state index contributed by atoms with van der Waals surface area (Å²) in [5.41, 5.74) is 4.96. The van der Waals surface area contributed by atoms with Gasteiger partial charge in [-0.05, 0) is 36.6 Å². The van der Waals surface area contributed by atoms with Gasteiger partial charge in [-0.1, -0.05) is 48.0 Å². The Labute approximate surface area is 169 Å². The smallest absolute Gasteiger partial charge is 0.270 e. The van der Waals surface area contributed by atoms with E-state index >= 15 is 0 Å². The SMILES string of the molecule is Cc1ccc(CNC(=O)c2ccnc(NCCc3c[nH]c4ccccc34)n2)cc1. The molecule has 0 spiro atoms. The number of para-hydroxylation sites is 1. The Morgan fingerprint density at radius 2 is 1.90 bits per heavy atom. The highest BCUT2D eigenvalue weighted by Crippen LogP contribution is 2.18. The van der Waals surface area contributed by atoms with Crippen LogP contribution in [-0.2, 0) is 13.0 Å². The second kappa shape index (κ2) is 8.56. The van der Waals surface area contributed by atoms with Crippen molar-refractivity contribution in [1.29, 1.82) is 0 Å². The molecule has 146 valence electrons. The molecular formula is C23H23N5O. The molecule has 0 saturated heterocycles.